The van der Waals surface area contributed by atoms with Gasteiger partial charge in [0.25, 0.3) is 0 Å². The van der Waals surface area contributed by atoms with Crippen molar-refractivity contribution in [3.8, 4) is 0 Å². The minimum atomic E-state index is 0.0199. The molecule has 0 saturated heterocycles. The summed E-state index contributed by atoms with van der Waals surface area (Å²) in [6.45, 7) is 5.42. The van der Waals surface area contributed by atoms with Crippen molar-refractivity contribution in [2.24, 2.45) is 5.73 Å². The molecule has 0 spiro atoms. The summed E-state index contributed by atoms with van der Waals surface area (Å²) in [6.07, 6.45) is 0.773. The van der Waals surface area contributed by atoms with Crippen LogP contribution in [-0.4, -0.2) is 28.6 Å². The van der Waals surface area contributed by atoms with E-state index in [-0.39, 0.29) is 6.10 Å². The first-order chi connectivity index (χ1) is 6.74. The van der Waals surface area contributed by atoms with Crippen molar-refractivity contribution in [1.82, 2.24) is 15.0 Å². The highest BCUT2D eigenvalue weighted by Crippen LogP contribution is 2.18. The molecule has 0 radical (unpaired) electrons. The first-order valence-electron chi connectivity index (χ1n) is 4.89. The fraction of sp³-hybridized carbons (Fsp3) is 0.778. The molecule has 1 unspecified atom stereocenters. The molecule has 5 heteroatoms. The van der Waals surface area contributed by atoms with Crippen molar-refractivity contribution in [3.05, 3.63) is 11.4 Å². The van der Waals surface area contributed by atoms with Crippen LogP contribution in [0.1, 0.15) is 31.3 Å². The van der Waals surface area contributed by atoms with Crippen LogP contribution in [0.5, 0.6) is 0 Å². The average Bonchev–Trinajstić information content (AvgIpc) is 2.60. The monoisotopic (exact) mass is 198 g/mol. The van der Waals surface area contributed by atoms with Crippen LogP contribution in [-0.2, 0) is 17.7 Å². The van der Waals surface area contributed by atoms with Crippen LogP contribution < -0.4 is 5.73 Å². The Morgan fingerprint density at radius 1 is 1.57 bits per heavy atom. The molecule has 0 aliphatic carbocycles. The van der Waals surface area contributed by atoms with E-state index in [4.69, 9.17) is 10.5 Å². The Kier molecular flexibility index (Phi) is 4.03. The fourth-order valence-corrected chi connectivity index (χ4v) is 1.46. The van der Waals surface area contributed by atoms with E-state index in [1.807, 2.05) is 18.5 Å². The van der Waals surface area contributed by atoms with E-state index in [9.17, 15) is 0 Å². The van der Waals surface area contributed by atoms with Gasteiger partial charge < -0.3 is 10.5 Å². The van der Waals surface area contributed by atoms with E-state index in [1.54, 1.807) is 7.11 Å². The Balaban J connectivity index is 2.99. The molecule has 1 aromatic heterocycles. The summed E-state index contributed by atoms with van der Waals surface area (Å²) in [7, 11) is 1.68. The summed E-state index contributed by atoms with van der Waals surface area (Å²) in [5.41, 5.74) is 7.49. The Bertz CT molecular complexity index is 284. The number of methoxy groups -OCH3 is 1. The molecule has 0 fully saturated rings. The zero-order valence-electron chi connectivity index (χ0n) is 9.03. The molecule has 1 rings (SSSR count). The molecule has 14 heavy (non-hydrogen) atoms. The second-order valence-corrected chi connectivity index (χ2v) is 3.15. The summed E-state index contributed by atoms with van der Waals surface area (Å²) in [4.78, 5) is 0. The SMILES string of the molecule is CCn1nnc(CCN)c1C(C)OC. The summed E-state index contributed by atoms with van der Waals surface area (Å²) >= 11 is 0. The number of aromatic nitrogens is 3. The minimum Gasteiger partial charge on any atom is -0.375 e. The summed E-state index contributed by atoms with van der Waals surface area (Å²) < 4.78 is 7.14. The fourth-order valence-electron chi connectivity index (χ4n) is 1.46. The molecule has 1 heterocycles. The molecule has 1 aromatic rings. The normalized spacial score (nSPS) is 13.1. The Morgan fingerprint density at radius 2 is 2.29 bits per heavy atom. The van der Waals surface area contributed by atoms with Gasteiger partial charge in [-0.3, -0.25) is 0 Å². The number of aryl methyl sites for hydroxylation is 1. The first kappa shape index (κ1) is 11.1. The van der Waals surface area contributed by atoms with E-state index in [0.29, 0.717) is 6.54 Å². The number of ether oxygens (including phenoxy) is 1. The van der Waals surface area contributed by atoms with Crippen molar-refractivity contribution in [2.45, 2.75) is 32.9 Å². The molecule has 0 aromatic carbocycles. The predicted molar refractivity (Wildman–Crippen MR) is 53.9 cm³/mol. The maximum absolute atomic E-state index is 5.50. The Morgan fingerprint density at radius 3 is 2.79 bits per heavy atom. The molecular formula is C9H18N4O. The van der Waals surface area contributed by atoms with E-state index in [2.05, 4.69) is 10.3 Å². The molecule has 0 aliphatic heterocycles. The Hall–Kier alpha value is -0.940. The van der Waals surface area contributed by atoms with Crippen LogP contribution in [0.3, 0.4) is 0 Å². The van der Waals surface area contributed by atoms with Crippen molar-refractivity contribution >= 4 is 0 Å². The summed E-state index contributed by atoms with van der Waals surface area (Å²) in [6, 6.07) is 0. The smallest absolute Gasteiger partial charge is 0.0978 e. The first-order valence-corrected chi connectivity index (χ1v) is 4.89. The predicted octanol–water partition coefficient (Wildman–Crippen LogP) is 0.507. The van der Waals surface area contributed by atoms with Gasteiger partial charge in [-0.25, -0.2) is 4.68 Å². The number of nitrogens with two attached hydrogens (primary N) is 1. The molecule has 0 bridgehead atoms. The second kappa shape index (κ2) is 5.07. The van der Waals surface area contributed by atoms with Gasteiger partial charge in [0.2, 0.25) is 0 Å². The van der Waals surface area contributed by atoms with E-state index >= 15 is 0 Å². The van der Waals surface area contributed by atoms with Gasteiger partial charge in [-0.1, -0.05) is 5.21 Å². The molecule has 0 saturated carbocycles. The van der Waals surface area contributed by atoms with Crippen molar-refractivity contribution < 1.29 is 4.74 Å². The summed E-state index contributed by atoms with van der Waals surface area (Å²) in [5, 5.41) is 8.15. The molecule has 0 amide bonds. The van der Waals surface area contributed by atoms with Crippen LogP contribution in [0.2, 0.25) is 0 Å². The number of hydrogen-bond donors (Lipinski definition) is 1. The quantitative estimate of drug-likeness (QED) is 0.748. The lowest BCUT2D eigenvalue weighted by molar-refractivity contribution is 0.111. The van der Waals surface area contributed by atoms with Gasteiger partial charge in [0, 0.05) is 20.1 Å². The van der Waals surface area contributed by atoms with Crippen molar-refractivity contribution in [2.75, 3.05) is 13.7 Å². The van der Waals surface area contributed by atoms with Gasteiger partial charge in [-0.15, -0.1) is 5.10 Å². The number of nitrogens with zero attached hydrogens (tertiary/aromatic N) is 3. The van der Waals surface area contributed by atoms with Crippen LogP contribution in [0.25, 0.3) is 0 Å². The molecule has 0 aliphatic rings. The lowest BCUT2D eigenvalue weighted by atomic mass is 10.2. The highest BCUT2D eigenvalue weighted by Gasteiger charge is 2.17. The molecule has 2 N–H and O–H groups in total. The largest absolute Gasteiger partial charge is 0.375 e. The van der Waals surface area contributed by atoms with Gasteiger partial charge in [0.1, 0.15) is 0 Å². The van der Waals surface area contributed by atoms with E-state index in [0.717, 1.165) is 24.4 Å². The van der Waals surface area contributed by atoms with E-state index in [1.165, 1.54) is 0 Å². The second-order valence-electron chi connectivity index (χ2n) is 3.15. The maximum Gasteiger partial charge on any atom is 0.0978 e. The van der Waals surface area contributed by atoms with Crippen LogP contribution in [0.15, 0.2) is 0 Å². The average molecular weight is 198 g/mol. The van der Waals surface area contributed by atoms with Gasteiger partial charge in [0.05, 0.1) is 17.5 Å². The van der Waals surface area contributed by atoms with Gasteiger partial charge in [-0.05, 0) is 20.4 Å². The van der Waals surface area contributed by atoms with Crippen molar-refractivity contribution in [3.63, 3.8) is 0 Å². The minimum absolute atomic E-state index is 0.0199. The maximum atomic E-state index is 5.50. The van der Waals surface area contributed by atoms with Gasteiger partial charge in [0.15, 0.2) is 0 Å². The summed E-state index contributed by atoms with van der Waals surface area (Å²) in [5.74, 6) is 0. The third-order valence-corrected chi connectivity index (χ3v) is 2.27. The van der Waals surface area contributed by atoms with Gasteiger partial charge >= 0.3 is 0 Å². The molecular weight excluding hydrogens is 180 g/mol. The van der Waals surface area contributed by atoms with Crippen LogP contribution >= 0.6 is 0 Å². The third kappa shape index (κ3) is 2.10. The third-order valence-electron chi connectivity index (χ3n) is 2.27. The zero-order valence-corrected chi connectivity index (χ0v) is 9.03. The standard InChI is InChI=1S/C9H18N4O/c1-4-13-9(7(2)14-3)8(5-6-10)11-12-13/h7H,4-6,10H2,1-3H3. The van der Waals surface area contributed by atoms with Crippen LogP contribution in [0.4, 0.5) is 0 Å². The Labute approximate surface area is 84.2 Å². The van der Waals surface area contributed by atoms with Crippen LogP contribution in [0, 0.1) is 0 Å². The highest BCUT2D eigenvalue weighted by atomic mass is 16.5. The zero-order chi connectivity index (χ0) is 10.6. The number of rotatable bonds is 5. The van der Waals surface area contributed by atoms with Crippen molar-refractivity contribution in [1.29, 1.82) is 0 Å². The lowest BCUT2D eigenvalue weighted by Crippen LogP contribution is -2.11. The topological polar surface area (TPSA) is 66.0 Å². The number of hydrogen-bond acceptors (Lipinski definition) is 4. The molecule has 5 nitrogen and oxygen atoms in total. The molecule has 1 atom stereocenters. The van der Waals surface area contributed by atoms with E-state index < -0.39 is 0 Å². The van der Waals surface area contributed by atoms with Gasteiger partial charge in [-0.2, -0.15) is 0 Å². The highest BCUT2D eigenvalue weighted by molar-refractivity contribution is 5.13. The molecule has 80 valence electrons. The lowest BCUT2D eigenvalue weighted by Gasteiger charge is -2.12.